The molecule has 0 fully saturated rings. The van der Waals surface area contributed by atoms with Crippen molar-refractivity contribution in [3.05, 3.63) is 47.5 Å². The zero-order valence-corrected chi connectivity index (χ0v) is 12.9. The van der Waals surface area contributed by atoms with E-state index in [1.165, 1.54) is 5.56 Å². The maximum absolute atomic E-state index is 5.27. The third kappa shape index (κ3) is 3.81. The second-order valence-electron chi connectivity index (χ2n) is 4.76. The number of hydrogen-bond acceptors (Lipinski definition) is 4. The number of methoxy groups -OCH3 is 3. The molecule has 0 aliphatic heterocycles. The van der Waals surface area contributed by atoms with Gasteiger partial charge in [-0.05, 0) is 24.1 Å². The summed E-state index contributed by atoms with van der Waals surface area (Å²) in [7, 11) is 4.97. The number of benzene rings is 2. The molecule has 0 saturated carbocycles. The Morgan fingerprint density at radius 1 is 0.857 bits per heavy atom. The van der Waals surface area contributed by atoms with Crippen LogP contribution in [-0.2, 0) is 6.54 Å². The van der Waals surface area contributed by atoms with Crippen molar-refractivity contribution < 1.29 is 14.2 Å². The van der Waals surface area contributed by atoms with Gasteiger partial charge < -0.3 is 19.5 Å². The highest BCUT2D eigenvalue weighted by atomic mass is 16.5. The summed E-state index contributed by atoms with van der Waals surface area (Å²) in [6.07, 6.45) is 0. The lowest BCUT2D eigenvalue weighted by Crippen LogP contribution is -2.01. The van der Waals surface area contributed by atoms with Gasteiger partial charge in [0.2, 0.25) is 0 Å². The van der Waals surface area contributed by atoms with Gasteiger partial charge in [-0.15, -0.1) is 0 Å². The van der Waals surface area contributed by atoms with Crippen LogP contribution >= 0.6 is 0 Å². The van der Waals surface area contributed by atoms with E-state index >= 15 is 0 Å². The Morgan fingerprint density at radius 2 is 1.52 bits per heavy atom. The molecule has 0 bridgehead atoms. The van der Waals surface area contributed by atoms with Crippen LogP contribution in [0.25, 0.3) is 0 Å². The highest BCUT2D eigenvalue weighted by Gasteiger charge is 2.03. The van der Waals surface area contributed by atoms with Gasteiger partial charge in [-0.1, -0.05) is 12.1 Å². The molecule has 2 aromatic rings. The third-order valence-electron chi connectivity index (χ3n) is 3.31. The van der Waals surface area contributed by atoms with Crippen molar-refractivity contribution in [2.24, 2.45) is 0 Å². The van der Waals surface area contributed by atoms with Crippen LogP contribution in [0.1, 0.15) is 11.1 Å². The molecular formula is C17H21NO3. The van der Waals surface area contributed by atoms with Crippen LogP contribution in [0, 0.1) is 6.92 Å². The van der Waals surface area contributed by atoms with E-state index in [9.17, 15) is 0 Å². The Hall–Kier alpha value is -2.36. The molecule has 2 rings (SSSR count). The van der Waals surface area contributed by atoms with E-state index in [4.69, 9.17) is 14.2 Å². The summed E-state index contributed by atoms with van der Waals surface area (Å²) < 4.78 is 15.8. The highest BCUT2D eigenvalue weighted by molar-refractivity contribution is 5.54. The van der Waals surface area contributed by atoms with Crippen molar-refractivity contribution in [1.82, 2.24) is 0 Å². The van der Waals surface area contributed by atoms with Crippen LogP contribution in [0.4, 0.5) is 5.69 Å². The van der Waals surface area contributed by atoms with Gasteiger partial charge in [-0.25, -0.2) is 0 Å². The van der Waals surface area contributed by atoms with E-state index in [2.05, 4.69) is 17.4 Å². The average Bonchev–Trinajstić information content (AvgIpc) is 2.52. The number of anilines is 1. The largest absolute Gasteiger partial charge is 0.497 e. The van der Waals surface area contributed by atoms with Crippen LogP contribution in [-0.4, -0.2) is 21.3 Å². The molecule has 0 saturated heterocycles. The molecule has 1 N–H and O–H groups in total. The van der Waals surface area contributed by atoms with E-state index in [1.54, 1.807) is 21.3 Å². The second kappa shape index (κ2) is 6.88. The van der Waals surface area contributed by atoms with Gasteiger partial charge in [0.05, 0.1) is 21.3 Å². The lowest BCUT2D eigenvalue weighted by molar-refractivity contribution is 0.394. The Labute approximate surface area is 125 Å². The predicted octanol–water partition coefficient (Wildman–Crippen LogP) is 3.63. The molecule has 0 amide bonds. The zero-order valence-electron chi connectivity index (χ0n) is 12.9. The van der Waals surface area contributed by atoms with Crippen LogP contribution in [0.15, 0.2) is 36.4 Å². The lowest BCUT2D eigenvalue weighted by Gasteiger charge is -2.12. The molecule has 0 atom stereocenters. The molecule has 0 spiro atoms. The first-order valence-corrected chi connectivity index (χ1v) is 6.76. The van der Waals surface area contributed by atoms with Crippen molar-refractivity contribution in [3.63, 3.8) is 0 Å². The quantitative estimate of drug-likeness (QED) is 0.880. The molecule has 0 aromatic heterocycles. The van der Waals surface area contributed by atoms with E-state index in [1.807, 2.05) is 31.2 Å². The fourth-order valence-electron chi connectivity index (χ4n) is 2.16. The summed E-state index contributed by atoms with van der Waals surface area (Å²) in [6, 6.07) is 11.9. The summed E-state index contributed by atoms with van der Waals surface area (Å²) in [5.41, 5.74) is 3.27. The van der Waals surface area contributed by atoms with Crippen molar-refractivity contribution in [2.75, 3.05) is 26.6 Å². The monoisotopic (exact) mass is 287 g/mol. The SMILES string of the molecule is COc1cc(NCc2ccc(OC)c(C)c2)cc(OC)c1. The van der Waals surface area contributed by atoms with Gasteiger partial charge in [0.25, 0.3) is 0 Å². The first-order valence-electron chi connectivity index (χ1n) is 6.76. The van der Waals surface area contributed by atoms with Gasteiger partial charge >= 0.3 is 0 Å². The molecule has 21 heavy (non-hydrogen) atoms. The Bertz CT molecular complexity index is 589. The zero-order chi connectivity index (χ0) is 15.2. The minimum atomic E-state index is 0.723. The number of ether oxygens (including phenoxy) is 3. The second-order valence-corrected chi connectivity index (χ2v) is 4.76. The normalized spacial score (nSPS) is 10.1. The topological polar surface area (TPSA) is 39.7 Å². The van der Waals surface area contributed by atoms with E-state index in [-0.39, 0.29) is 0 Å². The fraction of sp³-hybridized carbons (Fsp3) is 0.294. The van der Waals surface area contributed by atoms with Crippen LogP contribution in [0.3, 0.4) is 0 Å². The number of aryl methyl sites for hydroxylation is 1. The molecule has 0 radical (unpaired) electrons. The van der Waals surface area contributed by atoms with Crippen molar-refractivity contribution >= 4 is 5.69 Å². The van der Waals surface area contributed by atoms with Gasteiger partial charge in [0.1, 0.15) is 17.2 Å². The van der Waals surface area contributed by atoms with Crippen molar-refractivity contribution in [3.8, 4) is 17.2 Å². The Kier molecular flexibility index (Phi) is 4.93. The van der Waals surface area contributed by atoms with Gasteiger partial charge in [0.15, 0.2) is 0 Å². The van der Waals surface area contributed by atoms with Gasteiger partial charge in [0, 0.05) is 30.4 Å². The van der Waals surface area contributed by atoms with E-state index in [0.29, 0.717) is 0 Å². The third-order valence-corrected chi connectivity index (χ3v) is 3.31. The first kappa shape index (κ1) is 15.0. The summed E-state index contributed by atoms with van der Waals surface area (Å²) in [4.78, 5) is 0. The summed E-state index contributed by atoms with van der Waals surface area (Å²) >= 11 is 0. The van der Waals surface area contributed by atoms with Gasteiger partial charge in [-0.3, -0.25) is 0 Å². The minimum Gasteiger partial charge on any atom is -0.497 e. The molecule has 0 unspecified atom stereocenters. The van der Waals surface area contributed by atoms with Crippen LogP contribution in [0.2, 0.25) is 0 Å². The maximum atomic E-state index is 5.27. The standard InChI is InChI=1S/C17H21NO3/c1-12-7-13(5-6-17(12)21-4)11-18-14-8-15(19-2)10-16(9-14)20-3/h5-10,18H,11H2,1-4H3. The smallest absolute Gasteiger partial charge is 0.124 e. The number of rotatable bonds is 6. The van der Waals surface area contributed by atoms with Crippen LogP contribution < -0.4 is 19.5 Å². The molecule has 4 heteroatoms. The fourth-order valence-corrected chi connectivity index (χ4v) is 2.16. The molecule has 0 heterocycles. The summed E-state index contributed by atoms with van der Waals surface area (Å²) in [6.45, 7) is 2.76. The molecule has 2 aromatic carbocycles. The van der Waals surface area contributed by atoms with Crippen molar-refractivity contribution in [1.29, 1.82) is 0 Å². The maximum Gasteiger partial charge on any atom is 0.124 e. The molecule has 0 aliphatic carbocycles. The molecule has 4 nitrogen and oxygen atoms in total. The average molecular weight is 287 g/mol. The molecule has 0 aliphatic rings. The molecule has 112 valence electrons. The predicted molar refractivity (Wildman–Crippen MR) is 84.6 cm³/mol. The Balaban J connectivity index is 2.10. The summed E-state index contributed by atoms with van der Waals surface area (Å²) in [5.74, 6) is 2.44. The van der Waals surface area contributed by atoms with Crippen LogP contribution in [0.5, 0.6) is 17.2 Å². The molecular weight excluding hydrogens is 266 g/mol. The Morgan fingerprint density at radius 3 is 2.05 bits per heavy atom. The minimum absolute atomic E-state index is 0.723. The summed E-state index contributed by atoms with van der Waals surface area (Å²) in [5, 5.41) is 3.37. The number of nitrogens with one attached hydrogen (secondary N) is 1. The highest BCUT2D eigenvalue weighted by Crippen LogP contribution is 2.26. The van der Waals surface area contributed by atoms with E-state index in [0.717, 1.165) is 35.0 Å². The van der Waals surface area contributed by atoms with Gasteiger partial charge in [-0.2, -0.15) is 0 Å². The van der Waals surface area contributed by atoms with E-state index < -0.39 is 0 Å². The number of hydrogen-bond donors (Lipinski definition) is 1. The lowest BCUT2D eigenvalue weighted by atomic mass is 10.1. The first-order chi connectivity index (χ1) is 10.2. The van der Waals surface area contributed by atoms with Crippen molar-refractivity contribution in [2.45, 2.75) is 13.5 Å².